The molecule has 3 rings (SSSR count). The Morgan fingerprint density at radius 1 is 1.44 bits per heavy atom. The van der Waals surface area contributed by atoms with E-state index in [1.54, 1.807) is 0 Å². The normalized spacial score (nSPS) is 18.8. The number of aryl methyl sites for hydroxylation is 2. The Kier molecular flexibility index (Phi) is 3.24. The largest absolute Gasteiger partial charge is 0.469 e. The van der Waals surface area contributed by atoms with Crippen LogP contribution in [-0.2, 0) is 19.5 Å². The van der Waals surface area contributed by atoms with Crippen molar-refractivity contribution in [1.29, 1.82) is 0 Å². The number of fused-ring (bicyclic) bond motifs is 1. The van der Waals surface area contributed by atoms with E-state index in [-0.39, 0.29) is 0 Å². The average Bonchev–Trinajstić information content (AvgIpc) is 3.04. The van der Waals surface area contributed by atoms with Gasteiger partial charge in [0.25, 0.3) is 0 Å². The maximum absolute atomic E-state index is 5.52. The van der Waals surface area contributed by atoms with E-state index in [0.29, 0.717) is 6.04 Å². The molecule has 96 valence electrons. The lowest BCUT2D eigenvalue weighted by atomic mass is 9.93. The molecule has 0 saturated carbocycles. The SMILES string of the molecule is CCn1cccc1CNC1CCCc2occc21. The van der Waals surface area contributed by atoms with Crippen LogP contribution < -0.4 is 5.32 Å². The van der Waals surface area contributed by atoms with Crippen molar-refractivity contribution in [3.63, 3.8) is 0 Å². The summed E-state index contributed by atoms with van der Waals surface area (Å²) in [7, 11) is 0. The number of furan rings is 1. The third-order valence-electron chi connectivity index (χ3n) is 3.85. The lowest BCUT2D eigenvalue weighted by molar-refractivity contribution is 0.407. The molecule has 1 unspecified atom stereocenters. The number of hydrogen-bond donors (Lipinski definition) is 1. The molecule has 3 heteroatoms. The molecule has 0 aliphatic heterocycles. The molecule has 1 N–H and O–H groups in total. The van der Waals surface area contributed by atoms with Gasteiger partial charge in [0.1, 0.15) is 5.76 Å². The maximum atomic E-state index is 5.52. The van der Waals surface area contributed by atoms with Gasteiger partial charge < -0.3 is 14.3 Å². The third-order valence-corrected chi connectivity index (χ3v) is 3.85. The van der Waals surface area contributed by atoms with Gasteiger partial charge in [-0.2, -0.15) is 0 Å². The summed E-state index contributed by atoms with van der Waals surface area (Å²) in [5.41, 5.74) is 2.71. The predicted octanol–water partition coefficient (Wildman–Crippen LogP) is 3.27. The van der Waals surface area contributed by atoms with Gasteiger partial charge in [0.15, 0.2) is 0 Å². The molecule has 0 bridgehead atoms. The van der Waals surface area contributed by atoms with Crippen LogP contribution in [0.2, 0.25) is 0 Å². The highest BCUT2D eigenvalue weighted by Gasteiger charge is 2.22. The fourth-order valence-electron chi connectivity index (χ4n) is 2.84. The molecular formula is C15H20N2O. The molecule has 18 heavy (non-hydrogen) atoms. The molecule has 0 saturated heterocycles. The van der Waals surface area contributed by atoms with Crippen LogP contribution in [0.1, 0.15) is 42.8 Å². The molecule has 2 aromatic heterocycles. The van der Waals surface area contributed by atoms with Crippen LogP contribution in [-0.4, -0.2) is 4.57 Å². The second-order valence-corrected chi connectivity index (χ2v) is 4.91. The lowest BCUT2D eigenvalue weighted by Crippen LogP contribution is -2.25. The molecule has 0 radical (unpaired) electrons. The Morgan fingerprint density at radius 3 is 3.28 bits per heavy atom. The minimum Gasteiger partial charge on any atom is -0.469 e. The highest BCUT2D eigenvalue weighted by Crippen LogP contribution is 2.30. The van der Waals surface area contributed by atoms with Gasteiger partial charge in [-0.05, 0) is 38.0 Å². The summed E-state index contributed by atoms with van der Waals surface area (Å²) in [6, 6.07) is 6.87. The van der Waals surface area contributed by atoms with E-state index in [1.807, 2.05) is 6.26 Å². The highest BCUT2D eigenvalue weighted by molar-refractivity contribution is 5.24. The third kappa shape index (κ3) is 2.10. The molecule has 1 atom stereocenters. The van der Waals surface area contributed by atoms with Crippen molar-refractivity contribution in [2.75, 3.05) is 0 Å². The summed E-state index contributed by atoms with van der Waals surface area (Å²) in [4.78, 5) is 0. The second kappa shape index (κ2) is 5.02. The van der Waals surface area contributed by atoms with Crippen LogP contribution in [0, 0.1) is 0 Å². The van der Waals surface area contributed by atoms with Crippen molar-refractivity contribution in [2.45, 2.75) is 45.3 Å². The topological polar surface area (TPSA) is 30.1 Å². The summed E-state index contributed by atoms with van der Waals surface area (Å²) >= 11 is 0. The first kappa shape index (κ1) is 11.6. The molecule has 0 spiro atoms. The quantitative estimate of drug-likeness (QED) is 0.894. The molecule has 2 aromatic rings. The number of nitrogens with one attached hydrogen (secondary N) is 1. The van der Waals surface area contributed by atoms with Crippen LogP contribution in [0.4, 0.5) is 0 Å². The van der Waals surface area contributed by atoms with Gasteiger partial charge in [-0.15, -0.1) is 0 Å². The minimum absolute atomic E-state index is 0.452. The number of rotatable bonds is 4. The van der Waals surface area contributed by atoms with Crippen molar-refractivity contribution >= 4 is 0 Å². The van der Waals surface area contributed by atoms with Crippen LogP contribution in [0.3, 0.4) is 0 Å². The molecular weight excluding hydrogens is 224 g/mol. The van der Waals surface area contributed by atoms with Crippen molar-refractivity contribution in [3.05, 3.63) is 47.7 Å². The second-order valence-electron chi connectivity index (χ2n) is 4.91. The Labute approximate surface area is 108 Å². The zero-order chi connectivity index (χ0) is 12.4. The van der Waals surface area contributed by atoms with Crippen molar-refractivity contribution < 1.29 is 4.42 Å². The fraction of sp³-hybridized carbons (Fsp3) is 0.467. The highest BCUT2D eigenvalue weighted by atomic mass is 16.3. The fourth-order valence-corrected chi connectivity index (χ4v) is 2.84. The van der Waals surface area contributed by atoms with E-state index in [9.17, 15) is 0 Å². The lowest BCUT2D eigenvalue weighted by Gasteiger charge is -2.23. The first-order valence-electron chi connectivity index (χ1n) is 6.82. The summed E-state index contributed by atoms with van der Waals surface area (Å²) in [6.45, 7) is 4.14. The van der Waals surface area contributed by atoms with E-state index in [4.69, 9.17) is 4.42 Å². The van der Waals surface area contributed by atoms with E-state index in [1.165, 1.54) is 29.9 Å². The molecule has 1 aliphatic rings. The van der Waals surface area contributed by atoms with Gasteiger partial charge in [-0.3, -0.25) is 0 Å². The van der Waals surface area contributed by atoms with Gasteiger partial charge >= 0.3 is 0 Å². The number of nitrogens with zero attached hydrogens (tertiary/aromatic N) is 1. The standard InChI is InChI=1S/C15H20N2O/c1-2-17-9-4-5-12(17)11-16-14-6-3-7-15-13(14)8-10-18-15/h4-5,8-10,14,16H,2-3,6-7,11H2,1H3. The van der Waals surface area contributed by atoms with E-state index in [2.05, 4.69) is 41.2 Å². The van der Waals surface area contributed by atoms with Crippen molar-refractivity contribution in [2.24, 2.45) is 0 Å². The maximum Gasteiger partial charge on any atom is 0.108 e. The van der Waals surface area contributed by atoms with E-state index in [0.717, 1.165) is 19.5 Å². The minimum atomic E-state index is 0.452. The smallest absolute Gasteiger partial charge is 0.108 e. The first-order chi connectivity index (χ1) is 8.88. The van der Waals surface area contributed by atoms with Crippen LogP contribution in [0.5, 0.6) is 0 Å². The van der Waals surface area contributed by atoms with Gasteiger partial charge in [0, 0.05) is 43.0 Å². The summed E-state index contributed by atoms with van der Waals surface area (Å²) in [5, 5.41) is 3.66. The zero-order valence-corrected chi connectivity index (χ0v) is 10.9. The molecule has 0 aromatic carbocycles. The Balaban J connectivity index is 1.68. The molecule has 0 amide bonds. The van der Waals surface area contributed by atoms with Crippen LogP contribution in [0.25, 0.3) is 0 Å². The monoisotopic (exact) mass is 244 g/mol. The Bertz CT molecular complexity index is 512. The summed E-state index contributed by atoms with van der Waals surface area (Å²) < 4.78 is 7.81. The summed E-state index contributed by atoms with van der Waals surface area (Å²) in [5.74, 6) is 1.17. The van der Waals surface area contributed by atoms with Gasteiger partial charge in [0.2, 0.25) is 0 Å². The van der Waals surface area contributed by atoms with Crippen molar-refractivity contribution in [3.8, 4) is 0 Å². The van der Waals surface area contributed by atoms with Crippen LogP contribution in [0.15, 0.2) is 35.1 Å². The van der Waals surface area contributed by atoms with Crippen LogP contribution >= 0.6 is 0 Å². The molecule has 3 nitrogen and oxygen atoms in total. The summed E-state index contributed by atoms with van der Waals surface area (Å²) in [6.07, 6.45) is 7.47. The van der Waals surface area contributed by atoms with Crippen molar-refractivity contribution in [1.82, 2.24) is 9.88 Å². The van der Waals surface area contributed by atoms with Gasteiger partial charge in [-0.1, -0.05) is 0 Å². The molecule has 2 heterocycles. The Morgan fingerprint density at radius 2 is 2.39 bits per heavy atom. The van der Waals surface area contributed by atoms with E-state index < -0.39 is 0 Å². The van der Waals surface area contributed by atoms with Gasteiger partial charge in [0.05, 0.1) is 6.26 Å². The first-order valence-corrected chi connectivity index (χ1v) is 6.82. The molecule has 1 aliphatic carbocycles. The number of hydrogen-bond acceptors (Lipinski definition) is 2. The van der Waals surface area contributed by atoms with Gasteiger partial charge in [-0.25, -0.2) is 0 Å². The predicted molar refractivity (Wildman–Crippen MR) is 71.3 cm³/mol. The molecule has 0 fully saturated rings. The Hall–Kier alpha value is -1.48. The average molecular weight is 244 g/mol. The zero-order valence-electron chi connectivity index (χ0n) is 10.9. The number of aromatic nitrogens is 1. The van der Waals surface area contributed by atoms with E-state index >= 15 is 0 Å².